The fourth-order valence-electron chi connectivity index (χ4n) is 5.72. The van der Waals surface area contributed by atoms with E-state index in [1.807, 2.05) is 74.5 Å². The number of nitrogens with zero attached hydrogens (tertiary/aromatic N) is 2. The van der Waals surface area contributed by atoms with E-state index in [0.717, 1.165) is 26.4 Å². The number of anilines is 1. The maximum atomic E-state index is 13.1. The molecule has 2 N–H and O–H groups in total. The predicted octanol–water partition coefficient (Wildman–Crippen LogP) is 8.73. The van der Waals surface area contributed by atoms with Gasteiger partial charge in [0.05, 0.1) is 24.3 Å². The number of alkyl halides is 3. The molecule has 1 aliphatic heterocycles. The van der Waals surface area contributed by atoms with Crippen molar-refractivity contribution < 1.29 is 32.0 Å². The summed E-state index contributed by atoms with van der Waals surface area (Å²) in [5, 5.41) is 15.2. The molecule has 0 bridgehead atoms. The van der Waals surface area contributed by atoms with Gasteiger partial charge in [-0.25, -0.2) is 13.5 Å². The molecule has 1 atom stereocenters. The van der Waals surface area contributed by atoms with Crippen molar-refractivity contribution in [2.45, 2.75) is 69.2 Å². The minimum atomic E-state index is -4.79. The number of halogens is 5. The highest BCUT2D eigenvalue weighted by Gasteiger charge is 2.42. The summed E-state index contributed by atoms with van der Waals surface area (Å²) >= 11 is 12.5. The van der Waals surface area contributed by atoms with E-state index in [9.17, 15) is 22.5 Å². The lowest BCUT2D eigenvalue weighted by atomic mass is 9.84. The molecule has 0 spiro atoms. The minimum absolute atomic E-state index is 0.0294. The van der Waals surface area contributed by atoms with Crippen LogP contribution in [0.5, 0.6) is 5.88 Å². The normalized spacial score (nSPS) is 15.9. The van der Waals surface area contributed by atoms with Gasteiger partial charge >= 0.3 is 5.51 Å². The maximum Gasteiger partial charge on any atom is 0.485 e. The zero-order valence-electron chi connectivity index (χ0n) is 27.7. The number of aromatic nitrogens is 1. The molecule has 1 aromatic heterocycles. The minimum Gasteiger partial charge on any atom is -0.469 e. The van der Waals surface area contributed by atoms with Gasteiger partial charge in [-0.15, -0.1) is 0 Å². The summed E-state index contributed by atoms with van der Waals surface area (Å²) in [6.07, 6.45) is 0.713. The van der Waals surface area contributed by atoms with Crippen LogP contribution < -0.4 is 10.1 Å². The third-order valence-electron chi connectivity index (χ3n) is 8.37. The van der Waals surface area contributed by atoms with Crippen molar-refractivity contribution in [2.75, 3.05) is 31.6 Å². The Bertz CT molecular complexity index is 1720. The zero-order chi connectivity index (χ0) is 35.6. The molecule has 264 valence electrons. The quantitative estimate of drug-likeness (QED) is 0.142. The van der Waals surface area contributed by atoms with Crippen LogP contribution in [0.25, 0.3) is 10.9 Å². The number of hydrogen-bond acceptors (Lipinski definition) is 6. The summed E-state index contributed by atoms with van der Waals surface area (Å²) in [4.78, 5) is 4.83. The van der Waals surface area contributed by atoms with Gasteiger partial charge in [0.1, 0.15) is 5.60 Å². The van der Waals surface area contributed by atoms with E-state index in [4.69, 9.17) is 37.7 Å². The second-order valence-corrected chi connectivity index (χ2v) is 15.8. The summed E-state index contributed by atoms with van der Waals surface area (Å²) in [5.74, 6) is 0.162. The number of aliphatic hydroxyl groups excluding tert-OH is 1. The molecule has 49 heavy (non-hydrogen) atoms. The van der Waals surface area contributed by atoms with Crippen molar-refractivity contribution in [3.8, 4) is 5.88 Å². The molecular weight excluding hydrogens is 698 g/mol. The topological polar surface area (TPSA) is 83.9 Å². The lowest BCUT2D eigenvalue weighted by Gasteiger charge is -2.33. The predicted molar refractivity (Wildman–Crippen MR) is 190 cm³/mol. The highest BCUT2D eigenvalue weighted by molar-refractivity contribution is 7.83. The number of rotatable bonds is 12. The fourth-order valence-corrected chi connectivity index (χ4v) is 6.80. The van der Waals surface area contributed by atoms with Crippen LogP contribution in [0.3, 0.4) is 0 Å². The molecule has 1 unspecified atom stereocenters. The Hall–Kier alpha value is -2.93. The van der Waals surface area contributed by atoms with Gasteiger partial charge in [-0.05, 0) is 93.6 Å². The molecule has 5 rings (SSSR count). The van der Waals surface area contributed by atoms with Gasteiger partial charge in [0.2, 0.25) is 16.9 Å². The molecule has 0 radical (unpaired) electrons. The maximum absolute atomic E-state index is 13.1. The van der Waals surface area contributed by atoms with E-state index in [0.29, 0.717) is 40.0 Å². The number of hydrogen-bond donors (Lipinski definition) is 2. The summed E-state index contributed by atoms with van der Waals surface area (Å²) in [6.45, 7) is 7.38. The average molecular weight is 739 g/mol. The number of pyridine rings is 1. The Morgan fingerprint density at radius 1 is 0.898 bits per heavy atom. The molecule has 2 heterocycles. The number of benzene rings is 3. The molecule has 0 amide bonds. The molecule has 1 fully saturated rings. The molecule has 1 saturated heterocycles. The summed E-state index contributed by atoms with van der Waals surface area (Å²) in [7, 11) is -3.05. The van der Waals surface area contributed by atoms with Crippen molar-refractivity contribution in [3.63, 3.8) is 0 Å². The van der Waals surface area contributed by atoms with E-state index in [1.54, 1.807) is 19.9 Å². The summed E-state index contributed by atoms with van der Waals surface area (Å²) < 4.78 is 64.6. The van der Waals surface area contributed by atoms with Crippen molar-refractivity contribution in [3.05, 3.63) is 99.5 Å². The zero-order valence-corrected chi connectivity index (χ0v) is 30.0. The van der Waals surface area contributed by atoms with Crippen LogP contribution in [0.4, 0.5) is 18.9 Å². The van der Waals surface area contributed by atoms with E-state index in [-0.39, 0.29) is 38.3 Å². The highest BCUT2D eigenvalue weighted by Crippen LogP contribution is 2.38. The molecule has 0 aliphatic carbocycles. The second-order valence-electron chi connectivity index (χ2n) is 13.4. The third-order valence-corrected chi connectivity index (χ3v) is 10.1. The molecule has 0 saturated carbocycles. The second kappa shape index (κ2) is 15.1. The molecule has 4 aromatic rings. The Morgan fingerprint density at radius 3 is 1.98 bits per heavy atom. The van der Waals surface area contributed by atoms with Gasteiger partial charge in [-0.3, -0.25) is 0 Å². The van der Waals surface area contributed by atoms with Gasteiger partial charge in [-0.2, -0.15) is 13.2 Å². The highest BCUT2D eigenvalue weighted by atomic mass is 35.5. The third kappa shape index (κ3) is 9.65. The summed E-state index contributed by atoms with van der Waals surface area (Å²) in [6, 6.07) is 23.0. The number of ether oxygens (including phenoxy) is 2. The van der Waals surface area contributed by atoms with Crippen LogP contribution in [0.15, 0.2) is 72.8 Å². The largest absolute Gasteiger partial charge is 0.485 e. The Balaban J connectivity index is 1.53. The van der Waals surface area contributed by atoms with Gasteiger partial charge < -0.3 is 19.9 Å². The number of fused-ring (bicyclic) bond motifs is 1. The van der Waals surface area contributed by atoms with Crippen molar-refractivity contribution >= 4 is 50.8 Å². The van der Waals surface area contributed by atoms with E-state index >= 15 is 0 Å². The first-order valence-electron chi connectivity index (χ1n) is 15.9. The lowest BCUT2D eigenvalue weighted by molar-refractivity contribution is -0.102. The Labute approximate surface area is 297 Å². The molecular formula is C36H40Cl2F3N3O4S. The van der Waals surface area contributed by atoms with Crippen molar-refractivity contribution in [1.82, 2.24) is 9.29 Å². The van der Waals surface area contributed by atoms with Crippen LogP contribution in [0.2, 0.25) is 10.0 Å². The van der Waals surface area contributed by atoms with Crippen molar-refractivity contribution in [1.29, 1.82) is 0 Å². The van der Waals surface area contributed by atoms with Gasteiger partial charge in [-0.1, -0.05) is 53.5 Å². The first-order valence-corrected chi connectivity index (χ1v) is 17.8. The number of nitrogens with one attached hydrogen (secondary N) is 1. The molecule has 3 aromatic carbocycles. The Morgan fingerprint density at radius 2 is 1.45 bits per heavy atom. The number of aliphatic hydroxyl groups is 1. The van der Waals surface area contributed by atoms with E-state index in [2.05, 4.69) is 11.4 Å². The van der Waals surface area contributed by atoms with Gasteiger partial charge in [0.15, 0.2) is 0 Å². The summed E-state index contributed by atoms with van der Waals surface area (Å²) in [5.41, 5.74) is -1.99. The lowest BCUT2D eigenvalue weighted by Crippen LogP contribution is -2.43. The van der Waals surface area contributed by atoms with Gasteiger partial charge in [0, 0.05) is 52.2 Å². The first-order chi connectivity index (χ1) is 23.0. The van der Waals surface area contributed by atoms with Crippen LogP contribution in [0.1, 0.15) is 63.1 Å². The van der Waals surface area contributed by atoms with Gasteiger partial charge in [0.25, 0.3) is 0 Å². The van der Waals surface area contributed by atoms with Crippen molar-refractivity contribution in [2.24, 2.45) is 0 Å². The van der Waals surface area contributed by atoms with E-state index < -0.39 is 27.7 Å². The first kappa shape index (κ1) is 37.3. The Kier molecular flexibility index (Phi) is 11.5. The van der Waals surface area contributed by atoms with Crippen LogP contribution in [0, 0.1) is 0 Å². The average Bonchev–Trinajstić information content (AvgIpc) is 3.05. The SMILES string of the molecule is CC(C)(CO)OCC(C)(C)Oc1cc(NC2CCN(S(=O)C(F)(F)F)CC2)c2cc(C(c3ccc(Cl)cc3)c3ccc(Cl)cc3)ccc2n1. The monoisotopic (exact) mass is 737 g/mol. The van der Waals surface area contributed by atoms with E-state index in [1.165, 1.54) is 0 Å². The van der Waals surface area contributed by atoms with Crippen LogP contribution in [-0.2, 0) is 15.7 Å². The van der Waals surface area contributed by atoms with Crippen LogP contribution >= 0.6 is 23.2 Å². The smallest absolute Gasteiger partial charge is 0.469 e. The van der Waals surface area contributed by atoms with Crippen LogP contribution in [-0.4, -0.2) is 67.7 Å². The molecule has 13 heteroatoms. The molecule has 7 nitrogen and oxygen atoms in total. The fraction of sp³-hybridized carbons (Fsp3) is 0.417. The molecule has 1 aliphatic rings. The standard InChI is InChI=1S/C36H40Cl2F3N3O4S/c1-34(2,21-45)47-22-35(3,4)48-32-20-31(42-28-15-17-44(18-16-28)49(46)36(39,40)41)29-19-25(9-14-30(29)43-32)33(23-5-10-26(37)11-6-23)24-7-12-27(38)13-8-24/h5-14,19-20,28,33,45H,15-18,21-22H2,1-4H3,(H,42,43). The number of piperidine rings is 1.